The molecule has 0 fully saturated rings. The molecule has 0 radical (unpaired) electrons. The minimum absolute atomic E-state index is 0.0148. The Morgan fingerprint density at radius 2 is 1.81 bits per heavy atom. The molecule has 0 heterocycles. The van der Waals surface area contributed by atoms with Crippen molar-refractivity contribution in [1.29, 1.82) is 0 Å². The zero-order valence-corrected chi connectivity index (χ0v) is 18.5. The highest BCUT2D eigenvalue weighted by molar-refractivity contribution is 5.86. The molecule has 2 aromatic carbocycles. The van der Waals surface area contributed by atoms with Crippen molar-refractivity contribution in [1.82, 2.24) is 5.43 Å². The quantitative estimate of drug-likeness (QED) is 0.365. The van der Waals surface area contributed by atoms with E-state index in [1.807, 2.05) is 24.3 Å². The molecule has 0 saturated heterocycles. The third-order valence-corrected chi connectivity index (χ3v) is 4.59. The fraction of sp³-hybridized carbons (Fsp3) is 0.391. The van der Waals surface area contributed by atoms with Crippen molar-refractivity contribution in [3.8, 4) is 11.5 Å². The molecular weight excluding hydrogens is 398 g/mol. The fourth-order valence-corrected chi connectivity index (χ4v) is 3.54. The van der Waals surface area contributed by atoms with E-state index < -0.39 is 10.8 Å². The molecule has 0 unspecified atom stereocenters. The van der Waals surface area contributed by atoms with Crippen molar-refractivity contribution in [2.75, 3.05) is 6.61 Å². The summed E-state index contributed by atoms with van der Waals surface area (Å²) in [6, 6.07) is 11.2. The highest BCUT2D eigenvalue weighted by atomic mass is 16.6. The molecule has 0 aliphatic rings. The van der Waals surface area contributed by atoms with Crippen molar-refractivity contribution in [2.24, 2.45) is 10.5 Å². The number of phenolic OH excluding ortho intramolecular Hbond substituents is 1. The van der Waals surface area contributed by atoms with E-state index in [0.717, 1.165) is 18.7 Å². The van der Waals surface area contributed by atoms with Crippen LogP contribution in [0, 0.1) is 15.5 Å². The van der Waals surface area contributed by atoms with E-state index in [2.05, 4.69) is 45.1 Å². The number of hydrogen-bond acceptors (Lipinski definition) is 6. The van der Waals surface area contributed by atoms with Crippen LogP contribution in [0.5, 0.6) is 11.5 Å². The third kappa shape index (κ3) is 7.40. The number of ether oxygens (including phenoxy) is 1. The summed E-state index contributed by atoms with van der Waals surface area (Å²) in [6.07, 6.45) is 2.16. The number of hydrazone groups is 1. The molecule has 0 aliphatic carbocycles. The highest BCUT2D eigenvalue weighted by Crippen LogP contribution is 2.36. The van der Waals surface area contributed by atoms with Gasteiger partial charge in [-0.05, 0) is 41.0 Å². The maximum atomic E-state index is 11.9. The number of nitro benzene ring substituents is 1. The van der Waals surface area contributed by atoms with Crippen LogP contribution in [0.3, 0.4) is 0 Å². The van der Waals surface area contributed by atoms with Gasteiger partial charge in [0.2, 0.25) is 0 Å². The van der Waals surface area contributed by atoms with Crippen molar-refractivity contribution < 1.29 is 19.6 Å². The zero-order valence-electron chi connectivity index (χ0n) is 18.5. The Morgan fingerprint density at radius 1 is 1.16 bits per heavy atom. The molecule has 2 N–H and O–H groups in total. The van der Waals surface area contributed by atoms with Gasteiger partial charge in [-0.3, -0.25) is 14.9 Å². The summed E-state index contributed by atoms with van der Waals surface area (Å²) >= 11 is 0. The average Bonchev–Trinajstić information content (AvgIpc) is 2.66. The smallest absolute Gasteiger partial charge is 0.277 e. The van der Waals surface area contributed by atoms with Crippen LogP contribution in [0.15, 0.2) is 47.6 Å². The molecule has 8 heteroatoms. The van der Waals surface area contributed by atoms with E-state index in [4.69, 9.17) is 4.74 Å². The molecule has 0 aromatic heterocycles. The first-order chi connectivity index (χ1) is 14.4. The molecule has 8 nitrogen and oxygen atoms in total. The van der Waals surface area contributed by atoms with E-state index in [0.29, 0.717) is 5.75 Å². The van der Waals surface area contributed by atoms with Crippen LogP contribution in [-0.2, 0) is 10.2 Å². The number of phenols is 1. The number of non-ortho nitro benzene ring substituents is 1. The molecule has 2 aromatic rings. The monoisotopic (exact) mass is 427 g/mol. The summed E-state index contributed by atoms with van der Waals surface area (Å²) < 4.78 is 5.49. The molecular formula is C23H29N3O5. The Bertz CT molecular complexity index is 960. The van der Waals surface area contributed by atoms with Gasteiger partial charge in [-0.2, -0.15) is 5.10 Å². The Morgan fingerprint density at radius 3 is 2.39 bits per heavy atom. The first kappa shape index (κ1) is 23.9. The molecule has 0 saturated carbocycles. The molecule has 2 rings (SSSR count). The van der Waals surface area contributed by atoms with Crippen LogP contribution in [0.25, 0.3) is 0 Å². The lowest BCUT2D eigenvalue weighted by Crippen LogP contribution is -2.25. The second kappa shape index (κ2) is 9.59. The minimum atomic E-state index is -0.585. The SMILES string of the molecule is CC(C)(C)CC(C)(C)c1ccc(OCC(=O)NN=Cc2cc([N+](=O)[O-])ccc2O)cc1. The van der Waals surface area contributed by atoms with Gasteiger partial charge in [-0.1, -0.05) is 46.8 Å². The molecule has 0 aliphatic heterocycles. The predicted molar refractivity (Wildman–Crippen MR) is 120 cm³/mol. The molecule has 0 atom stereocenters. The average molecular weight is 428 g/mol. The van der Waals surface area contributed by atoms with Crippen molar-refractivity contribution >= 4 is 17.8 Å². The number of nitrogens with one attached hydrogen (secondary N) is 1. The number of carbonyl (C=O) groups excluding carboxylic acids is 1. The van der Waals surface area contributed by atoms with Gasteiger partial charge in [0, 0.05) is 17.7 Å². The third-order valence-electron chi connectivity index (χ3n) is 4.59. The number of carbonyl (C=O) groups is 1. The Labute approximate surface area is 182 Å². The van der Waals surface area contributed by atoms with E-state index in [9.17, 15) is 20.0 Å². The Kier molecular flexibility index (Phi) is 7.38. The molecule has 0 bridgehead atoms. The zero-order chi connectivity index (χ0) is 23.2. The number of rotatable bonds is 8. The maximum absolute atomic E-state index is 11.9. The lowest BCUT2D eigenvalue weighted by atomic mass is 9.72. The van der Waals surface area contributed by atoms with E-state index in [-0.39, 0.29) is 34.4 Å². The summed E-state index contributed by atoms with van der Waals surface area (Å²) in [5.74, 6) is -0.126. The van der Waals surface area contributed by atoms with Crippen molar-refractivity contribution in [3.63, 3.8) is 0 Å². The van der Waals surface area contributed by atoms with Crippen molar-refractivity contribution in [2.45, 2.75) is 46.5 Å². The van der Waals surface area contributed by atoms with Crippen LogP contribution >= 0.6 is 0 Å². The maximum Gasteiger partial charge on any atom is 0.277 e. The normalized spacial score (nSPS) is 12.0. The topological polar surface area (TPSA) is 114 Å². The molecule has 0 spiro atoms. The number of benzene rings is 2. The second-order valence-electron chi connectivity index (χ2n) is 9.23. The minimum Gasteiger partial charge on any atom is -0.507 e. The highest BCUT2D eigenvalue weighted by Gasteiger charge is 2.27. The molecule has 1 amide bonds. The van der Waals surface area contributed by atoms with Crippen molar-refractivity contribution in [3.05, 3.63) is 63.7 Å². The Balaban J connectivity index is 1.90. The van der Waals surface area contributed by atoms with Gasteiger partial charge in [-0.25, -0.2) is 5.43 Å². The first-order valence-electron chi connectivity index (χ1n) is 9.90. The van der Waals surface area contributed by atoms with E-state index in [1.165, 1.54) is 17.7 Å². The fourth-order valence-electron chi connectivity index (χ4n) is 3.54. The molecule has 166 valence electrons. The number of nitrogens with zero attached hydrogens (tertiary/aromatic N) is 2. The summed E-state index contributed by atoms with van der Waals surface area (Å²) in [4.78, 5) is 22.1. The van der Waals surface area contributed by atoms with Crippen LogP contribution in [0.4, 0.5) is 5.69 Å². The first-order valence-corrected chi connectivity index (χ1v) is 9.90. The van der Waals surface area contributed by atoms with Crippen LogP contribution in [0.2, 0.25) is 0 Å². The van der Waals surface area contributed by atoms with Gasteiger partial charge in [0.15, 0.2) is 6.61 Å². The summed E-state index contributed by atoms with van der Waals surface area (Å²) in [7, 11) is 0. The standard InChI is InChI=1S/C23H29N3O5/c1-22(2,3)15-23(4,5)17-6-9-19(10-7-17)31-14-21(28)25-24-13-16-12-18(26(29)30)8-11-20(16)27/h6-13,27H,14-15H2,1-5H3,(H,25,28). The summed E-state index contributed by atoms with van der Waals surface area (Å²) in [6.45, 7) is 10.8. The van der Waals surface area contributed by atoms with Gasteiger partial charge in [-0.15, -0.1) is 0 Å². The van der Waals surface area contributed by atoms with Gasteiger partial charge in [0.25, 0.3) is 11.6 Å². The number of hydrogen-bond donors (Lipinski definition) is 2. The van der Waals surface area contributed by atoms with Gasteiger partial charge < -0.3 is 9.84 Å². The number of aromatic hydroxyl groups is 1. The number of nitro groups is 1. The summed E-state index contributed by atoms with van der Waals surface area (Å²) in [5.41, 5.74) is 3.60. The summed E-state index contributed by atoms with van der Waals surface area (Å²) in [5, 5.41) is 24.2. The lowest BCUT2D eigenvalue weighted by Gasteiger charge is -2.33. The van der Waals surface area contributed by atoms with E-state index in [1.54, 1.807) is 0 Å². The number of amides is 1. The Hall–Kier alpha value is -3.42. The molecule has 31 heavy (non-hydrogen) atoms. The van der Waals surface area contributed by atoms with Gasteiger partial charge in [0.05, 0.1) is 11.1 Å². The lowest BCUT2D eigenvalue weighted by molar-refractivity contribution is -0.384. The van der Waals surface area contributed by atoms with Crippen LogP contribution in [-0.4, -0.2) is 28.8 Å². The predicted octanol–water partition coefficient (Wildman–Crippen LogP) is 4.54. The van der Waals surface area contributed by atoms with Crippen LogP contribution < -0.4 is 10.2 Å². The largest absolute Gasteiger partial charge is 0.507 e. The van der Waals surface area contributed by atoms with E-state index >= 15 is 0 Å². The van der Waals surface area contributed by atoms with Gasteiger partial charge >= 0.3 is 0 Å². The van der Waals surface area contributed by atoms with Gasteiger partial charge in [0.1, 0.15) is 11.5 Å². The second-order valence-corrected chi connectivity index (χ2v) is 9.23. The van der Waals surface area contributed by atoms with Crippen LogP contribution in [0.1, 0.15) is 52.2 Å².